The molecule has 0 aromatic rings. The first-order chi connectivity index (χ1) is 4.33. The molecule has 1 saturated heterocycles. The van der Waals surface area contributed by atoms with E-state index in [0.29, 0.717) is 6.42 Å². The maximum atomic E-state index is 11.0. The van der Waals surface area contributed by atoms with Gasteiger partial charge < -0.3 is 4.74 Å². The zero-order chi connectivity index (χ0) is 7.99. The van der Waals surface area contributed by atoms with Crippen LogP contribution in [0.15, 0.2) is 0 Å². The van der Waals surface area contributed by atoms with Crippen LogP contribution in [0.2, 0.25) is 0 Å². The molecule has 0 saturated carbocycles. The summed E-state index contributed by atoms with van der Waals surface area (Å²) in [5.74, 6) is -0.208. The van der Waals surface area contributed by atoms with Crippen molar-refractivity contribution in [3.05, 3.63) is 0 Å². The molecule has 0 spiro atoms. The van der Waals surface area contributed by atoms with Crippen LogP contribution in [0.1, 0.15) is 27.2 Å². The van der Waals surface area contributed by atoms with E-state index >= 15 is 0 Å². The van der Waals surface area contributed by atoms with Crippen LogP contribution in [0.4, 0.5) is 0 Å². The maximum absolute atomic E-state index is 11.0. The Morgan fingerprint density at radius 3 is 2.10 bits per heavy atom. The molecule has 2 nitrogen and oxygen atoms in total. The van der Waals surface area contributed by atoms with Crippen LogP contribution in [0, 0.1) is 0 Å². The molecule has 0 aromatic carbocycles. The molecule has 1 unspecified atom stereocenters. The first-order valence-electron chi connectivity index (χ1n) is 3.29. The Morgan fingerprint density at radius 2 is 2.00 bits per heavy atom. The normalized spacial score (nSPS) is 37.8. The van der Waals surface area contributed by atoms with Gasteiger partial charge in [-0.1, -0.05) is 0 Å². The van der Waals surface area contributed by atoms with Gasteiger partial charge in [0.05, 0.1) is 0 Å². The van der Waals surface area contributed by atoms with Gasteiger partial charge in [-0.3, -0.25) is 4.79 Å². The van der Waals surface area contributed by atoms with Gasteiger partial charge in [-0.15, -0.1) is 0 Å². The summed E-state index contributed by atoms with van der Waals surface area (Å²) in [5.41, 5.74) is -0.326. The van der Waals surface area contributed by atoms with Gasteiger partial charge in [0.2, 0.25) is 0 Å². The van der Waals surface area contributed by atoms with Gasteiger partial charge in [-0.2, -0.15) is 12.6 Å². The first kappa shape index (κ1) is 7.92. The summed E-state index contributed by atoms with van der Waals surface area (Å²) in [4.78, 5) is 11.0. The molecule has 1 atom stereocenters. The monoisotopic (exact) mass is 160 g/mol. The van der Waals surface area contributed by atoms with Crippen LogP contribution in [0.3, 0.4) is 0 Å². The van der Waals surface area contributed by atoms with E-state index in [0.717, 1.165) is 0 Å². The zero-order valence-corrected chi connectivity index (χ0v) is 7.37. The molecule has 1 rings (SSSR count). The molecule has 0 radical (unpaired) electrons. The summed E-state index contributed by atoms with van der Waals surface area (Å²) in [7, 11) is 0. The molecular formula is C7H12O2S. The lowest BCUT2D eigenvalue weighted by atomic mass is 9.98. The second kappa shape index (κ2) is 1.91. The average Bonchev–Trinajstić information content (AvgIpc) is 1.73. The first-order valence-corrected chi connectivity index (χ1v) is 3.74. The zero-order valence-electron chi connectivity index (χ0n) is 6.47. The second-order valence-corrected chi connectivity index (χ2v) is 4.59. The SMILES string of the molecule is CC1(C)CC(C)(S)C(=O)O1. The average molecular weight is 160 g/mol. The lowest BCUT2D eigenvalue weighted by Crippen LogP contribution is -2.22. The summed E-state index contributed by atoms with van der Waals surface area (Å²) in [5, 5.41) is 0. The van der Waals surface area contributed by atoms with E-state index in [2.05, 4.69) is 12.6 Å². The van der Waals surface area contributed by atoms with Gasteiger partial charge in [-0.25, -0.2) is 0 Å². The van der Waals surface area contributed by atoms with Crippen molar-refractivity contribution in [1.82, 2.24) is 0 Å². The fraction of sp³-hybridized carbons (Fsp3) is 0.857. The third-order valence-corrected chi connectivity index (χ3v) is 1.92. The van der Waals surface area contributed by atoms with E-state index in [1.807, 2.05) is 13.8 Å². The molecule has 0 amide bonds. The molecular weight excluding hydrogens is 148 g/mol. The standard InChI is InChI=1S/C7H12O2S/c1-6(2)4-7(3,10)5(8)9-6/h10H,4H2,1-3H3. The number of carbonyl (C=O) groups is 1. The van der Waals surface area contributed by atoms with Crippen molar-refractivity contribution in [2.45, 2.75) is 37.5 Å². The highest BCUT2D eigenvalue weighted by molar-refractivity contribution is 7.82. The molecule has 3 heteroatoms. The number of thiol groups is 1. The Hall–Kier alpha value is -0.180. The summed E-state index contributed by atoms with van der Waals surface area (Å²) in [6.45, 7) is 5.58. The fourth-order valence-electron chi connectivity index (χ4n) is 1.30. The summed E-state index contributed by atoms with van der Waals surface area (Å²) < 4.78 is 4.47. The second-order valence-electron chi connectivity index (χ2n) is 3.60. The van der Waals surface area contributed by atoms with Crippen LogP contribution in [0.5, 0.6) is 0 Å². The molecule has 1 aliphatic heterocycles. The van der Waals surface area contributed by atoms with Gasteiger partial charge in [-0.05, 0) is 20.8 Å². The van der Waals surface area contributed by atoms with E-state index in [1.165, 1.54) is 0 Å². The van der Waals surface area contributed by atoms with Crippen LogP contribution in [-0.4, -0.2) is 16.3 Å². The van der Waals surface area contributed by atoms with Crippen LogP contribution in [-0.2, 0) is 9.53 Å². The Balaban J connectivity index is 2.81. The summed E-state index contributed by atoms with van der Waals surface area (Å²) in [6.07, 6.45) is 0.682. The lowest BCUT2D eigenvalue weighted by Gasteiger charge is -2.15. The Labute approximate surface area is 66.4 Å². The predicted molar refractivity (Wildman–Crippen MR) is 42.2 cm³/mol. The minimum Gasteiger partial charge on any atom is -0.459 e. The smallest absolute Gasteiger partial charge is 0.322 e. The molecule has 10 heavy (non-hydrogen) atoms. The van der Waals surface area contributed by atoms with Gasteiger partial charge in [0, 0.05) is 6.42 Å². The van der Waals surface area contributed by atoms with E-state index in [-0.39, 0.29) is 11.6 Å². The number of rotatable bonds is 0. The van der Waals surface area contributed by atoms with Crippen molar-refractivity contribution < 1.29 is 9.53 Å². The Bertz CT molecular complexity index is 172. The number of carbonyl (C=O) groups excluding carboxylic acids is 1. The van der Waals surface area contributed by atoms with Crippen LogP contribution < -0.4 is 0 Å². The molecule has 0 aromatic heterocycles. The Kier molecular flexibility index (Phi) is 1.51. The molecule has 0 bridgehead atoms. The summed E-state index contributed by atoms with van der Waals surface area (Å²) >= 11 is 4.18. The highest BCUT2D eigenvalue weighted by Gasteiger charge is 2.46. The maximum Gasteiger partial charge on any atom is 0.322 e. The predicted octanol–water partition coefficient (Wildman–Crippen LogP) is 1.40. The minimum absolute atomic E-state index is 0.208. The molecule has 58 valence electrons. The lowest BCUT2D eigenvalue weighted by molar-refractivity contribution is -0.147. The third kappa shape index (κ3) is 1.29. The molecule has 1 fully saturated rings. The number of esters is 1. The van der Waals surface area contributed by atoms with E-state index in [9.17, 15) is 4.79 Å². The topological polar surface area (TPSA) is 26.3 Å². The number of hydrogen-bond acceptors (Lipinski definition) is 3. The van der Waals surface area contributed by atoms with Crippen molar-refractivity contribution in [3.63, 3.8) is 0 Å². The van der Waals surface area contributed by atoms with Crippen LogP contribution >= 0.6 is 12.6 Å². The Morgan fingerprint density at radius 1 is 1.50 bits per heavy atom. The van der Waals surface area contributed by atoms with E-state index in [4.69, 9.17) is 4.74 Å². The number of hydrogen-bond donors (Lipinski definition) is 1. The fourth-order valence-corrected chi connectivity index (χ4v) is 1.72. The van der Waals surface area contributed by atoms with Crippen LogP contribution in [0.25, 0.3) is 0 Å². The quantitative estimate of drug-likeness (QED) is 0.428. The summed E-state index contributed by atoms with van der Waals surface area (Å²) in [6, 6.07) is 0. The van der Waals surface area contributed by atoms with Crippen molar-refractivity contribution in [2.24, 2.45) is 0 Å². The van der Waals surface area contributed by atoms with Gasteiger partial charge in [0.25, 0.3) is 0 Å². The van der Waals surface area contributed by atoms with Crippen molar-refractivity contribution in [1.29, 1.82) is 0 Å². The van der Waals surface area contributed by atoms with Gasteiger partial charge in [0.15, 0.2) is 0 Å². The van der Waals surface area contributed by atoms with Crippen molar-refractivity contribution in [3.8, 4) is 0 Å². The molecule has 0 aliphatic carbocycles. The van der Waals surface area contributed by atoms with Gasteiger partial charge >= 0.3 is 5.97 Å². The van der Waals surface area contributed by atoms with E-state index < -0.39 is 4.75 Å². The third-order valence-electron chi connectivity index (χ3n) is 1.58. The van der Waals surface area contributed by atoms with E-state index in [1.54, 1.807) is 6.92 Å². The molecule has 1 heterocycles. The molecule has 0 N–H and O–H groups in total. The van der Waals surface area contributed by atoms with Crippen molar-refractivity contribution in [2.75, 3.05) is 0 Å². The van der Waals surface area contributed by atoms with Crippen molar-refractivity contribution >= 4 is 18.6 Å². The number of ether oxygens (including phenoxy) is 1. The minimum atomic E-state index is -0.580. The highest BCUT2D eigenvalue weighted by atomic mass is 32.1. The number of cyclic esters (lactones) is 1. The molecule has 1 aliphatic rings. The largest absolute Gasteiger partial charge is 0.459 e. The van der Waals surface area contributed by atoms with Gasteiger partial charge in [0.1, 0.15) is 10.3 Å². The highest BCUT2D eigenvalue weighted by Crippen LogP contribution is 2.37.